The molecule has 1 saturated heterocycles. The van der Waals surface area contributed by atoms with Gasteiger partial charge in [0, 0.05) is 38.3 Å². The summed E-state index contributed by atoms with van der Waals surface area (Å²) in [4.78, 5) is 8.74. The highest BCUT2D eigenvalue weighted by atomic mass is 32.2. The number of alkyl halides is 2. The molecule has 176 valence electrons. The van der Waals surface area contributed by atoms with E-state index >= 15 is 0 Å². The summed E-state index contributed by atoms with van der Waals surface area (Å²) in [5.74, 6) is -2.26. The van der Waals surface area contributed by atoms with Crippen LogP contribution < -0.4 is 0 Å². The number of aryl methyl sites for hydroxylation is 1. The Labute approximate surface area is 191 Å². The number of aromatic nitrogens is 2. The number of sulfone groups is 1. The van der Waals surface area contributed by atoms with Crippen molar-refractivity contribution in [3.8, 4) is 11.4 Å². The van der Waals surface area contributed by atoms with Crippen molar-refractivity contribution in [1.82, 2.24) is 19.9 Å². The molecule has 0 bridgehead atoms. The van der Waals surface area contributed by atoms with Gasteiger partial charge in [-0.1, -0.05) is 47.1 Å². The normalized spacial score (nSPS) is 16.9. The van der Waals surface area contributed by atoms with Crippen LogP contribution in [0.3, 0.4) is 0 Å². The molecule has 2 aromatic carbocycles. The van der Waals surface area contributed by atoms with Gasteiger partial charge in [-0.3, -0.25) is 9.80 Å². The molecule has 4 rings (SSSR count). The van der Waals surface area contributed by atoms with E-state index in [1.54, 1.807) is 12.1 Å². The Hall–Kier alpha value is -2.69. The second-order valence-corrected chi connectivity index (χ2v) is 10.2. The Morgan fingerprint density at radius 1 is 1.00 bits per heavy atom. The summed E-state index contributed by atoms with van der Waals surface area (Å²) in [5, 5.41) is 4.13. The average Bonchev–Trinajstić information content (AvgIpc) is 3.30. The maximum absolute atomic E-state index is 12.7. The molecule has 1 fully saturated rings. The summed E-state index contributed by atoms with van der Waals surface area (Å²) in [5.41, 5.74) is 2.96. The Morgan fingerprint density at radius 2 is 1.64 bits per heavy atom. The zero-order valence-corrected chi connectivity index (χ0v) is 19.3. The van der Waals surface area contributed by atoms with E-state index in [9.17, 15) is 17.2 Å². The van der Waals surface area contributed by atoms with Gasteiger partial charge >= 0.3 is 5.76 Å². The van der Waals surface area contributed by atoms with Crippen molar-refractivity contribution in [1.29, 1.82) is 0 Å². The van der Waals surface area contributed by atoms with E-state index in [-0.39, 0.29) is 10.9 Å². The van der Waals surface area contributed by atoms with Crippen LogP contribution >= 0.6 is 0 Å². The summed E-state index contributed by atoms with van der Waals surface area (Å²) in [6.07, 6.45) is 0. The number of nitrogens with zero attached hydrogens (tertiary/aromatic N) is 4. The molecule has 1 aromatic heterocycles. The van der Waals surface area contributed by atoms with Gasteiger partial charge in [-0.05, 0) is 31.5 Å². The zero-order valence-electron chi connectivity index (χ0n) is 18.5. The quantitative estimate of drug-likeness (QED) is 0.511. The van der Waals surface area contributed by atoms with Crippen LogP contribution in [-0.4, -0.2) is 60.3 Å². The summed E-state index contributed by atoms with van der Waals surface area (Å²) in [6.45, 7) is 7.92. The molecule has 0 radical (unpaired) electrons. The lowest BCUT2D eigenvalue weighted by Gasteiger charge is -2.36. The molecule has 2 heterocycles. The number of benzene rings is 2. The van der Waals surface area contributed by atoms with Gasteiger partial charge < -0.3 is 4.52 Å². The van der Waals surface area contributed by atoms with Gasteiger partial charge in [0.2, 0.25) is 21.6 Å². The van der Waals surface area contributed by atoms with Crippen molar-refractivity contribution in [2.45, 2.75) is 37.1 Å². The second-order valence-electron chi connectivity index (χ2n) is 8.26. The maximum atomic E-state index is 12.7. The Bertz CT molecular complexity index is 1170. The fourth-order valence-electron chi connectivity index (χ4n) is 3.84. The topological polar surface area (TPSA) is 79.5 Å². The third-order valence-electron chi connectivity index (χ3n) is 5.96. The van der Waals surface area contributed by atoms with Crippen LogP contribution in [0.4, 0.5) is 8.78 Å². The predicted octanol–water partition coefficient (Wildman–Crippen LogP) is 3.92. The predicted molar refractivity (Wildman–Crippen MR) is 119 cm³/mol. The number of piperazine rings is 1. The summed E-state index contributed by atoms with van der Waals surface area (Å²) >= 11 is 0. The molecule has 33 heavy (non-hydrogen) atoms. The first kappa shape index (κ1) is 23.5. The summed E-state index contributed by atoms with van der Waals surface area (Å²) < 4.78 is 54.0. The second kappa shape index (κ2) is 9.66. The number of rotatable bonds is 7. The van der Waals surface area contributed by atoms with E-state index in [1.165, 1.54) is 17.7 Å². The lowest BCUT2D eigenvalue weighted by molar-refractivity contribution is 0.0845. The highest BCUT2D eigenvalue weighted by Gasteiger charge is 2.27. The van der Waals surface area contributed by atoms with Crippen LogP contribution in [0.5, 0.6) is 0 Å². The van der Waals surface area contributed by atoms with E-state index in [1.807, 2.05) is 38.1 Å². The first-order valence-electron chi connectivity index (χ1n) is 10.7. The Kier molecular flexibility index (Phi) is 6.87. The fraction of sp³-hybridized carbons (Fsp3) is 0.391. The molecule has 0 N–H and O–H groups in total. The molecule has 0 saturated carbocycles. The number of hydrogen-bond acceptors (Lipinski definition) is 7. The van der Waals surface area contributed by atoms with Gasteiger partial charge in [0.15, 0.2) is 0 Å². The van der Waals surface area contributed by atoms with Gasteiger partial charge in [-0.2, -0.15) is 13.8 Å². The van der Waals surface area contributed by atoms with Crippen LogP contribution in [0, 0.1) is 6.92 Å². The van der Waals surface area contributed by atoms with Gasteiger partial charge in [0.05, 0.1) is 10.9 Å². The molecular formula is C23H26F2N4O3S. The van der Waals surface area contributed by atoms with Crippen LogP contribution in [0.25, 0.3) is 11.4 Å². The smallest absolute Gasteiger partial charge is 0.337 e. The molecule has 1 aliphatic rings. The molecule has 1 unspecified atom stereocenters. The van der Waals surface area contributed by atoms with Crippen molar-refractivity contribution in [3.05, 3.63) is 65.5 Å². The number of hydrogen-bond donors (Lipinski definition) is 0. The molecule has 1 atom stereocenters. The van der Waals surface area contributed by atoms with E-state index < -0.39 is 15.6 Å². The third kappa shape index (κ3) is 5.29. The minimum Gasteiger partial charge on any atom is -0.337 e. The molecule has 3 aromatic rings. The van der Waals surface area contributed by atoms with E-state index in [2.05, 4.69) is 19.9 Å². The zero-order chi connectivity index (χ0) is 23.6. The van der Waals surface area contributed by atoms with Crippen LogP contribution in [0.2, 0.25) is 0 Å². The van der Waals surface area contributed by atoms with Gasteiger partial charge in [-0.25, -0.2) is 8.42 Å². The monoisotopic (exact) mass is 476 g/mol. The number of halogens is 2. The average molecular weight is 477 g/mol. The van der Waals surface area contributed by atoms with Crippen molar-refractivity contribution in [3.63, 3.8) is 0 Å². The molecule has 0 amide bonds. The maximum Gasteiger partial charge on any atom is 0.341 e. The minimum atomic E-state index is -4.56. The van der Waals surface area contributed by atoms with E-state index in [0.29, 0.717) is 18.3 Å². The standard InChI is InChI=1S/C23H26F2N4O3S/c1-16-3-7-19(8-4-16)21-26-22(32-27-21)17(2)29-13-11-28(12-14-29)15-18-5-9-20(10-6-18)33(30,31)23(24)25/h3-10,17,23H,11-15H2,1-2H3. The molecule has 0 aliphatic carbocycles. The van der Waals surface area contributed by atoms with Crippen molar-refractivity contribution >= 4 is 9.84 Å². The van der Waals surface area contributed by atoms with E-state index in [0.717, 1.165) is 37.3 Å². The van der Waals surface area contributed by atoms with E-state index in [4.69, 9.17) is 4.52 Å². The molecule has 0 spiro atoms. The van der Waals surface area contributed by atoms with Crippen molar-refractivity contribution in [2.75, 3.05) is 26.2 Å². The lowest BCUT2D eigenvalue weighted by atomic mass is 10.1. The fourth-order valence-corrected chi connectivity index (χ4v) is 4.56. The minimum absolute atomic E-state index is 0.0160. The van der Waals surface area contributed by atoms with Gasteiger partial charge in [0.1, 0.15) is 0 Å². The van der Waals surface area contributed by atoms with Crippen LogP contribution in [0.1, 0.15) is 30.0 Å². The Morgan fingerprint density at radius 3 is 2.24 bits per heavy atom. The van der Waals surface area contributed by atoms with Crippen LogP contribution in [-0.2, 0) is 16.4 Å². The summed E-state index contributed by atoms with van der Waals surface area (Å²) in [7, 11) is -4.56. The first-order valence-corrected chi connectivity index (χ1v) is 12.3. The van der Waals surface area contributed by atoms with Crippen molar-refractivity contribution in [2.24, 2.45) is 0 Å². The highest BCUT2D eigenvalue weighted by molar-refractivity contribution is 7.91. The SMILES string of the molecule is Cc1ccc(-c2noc(C(C)N3CCN(Cc4ccc(S(=O)(=O)C(F)F)cc4)CC3)n2)cc1. The van der Waals surface area contributed by atoms with Crippen molar-refractivity contribution < 1.29 is 21.7 Å². The highest BCUT2D eigenvalue weighted by Crippen LogP contribution is 2.24. The first-order chi connectivity index (χ1) is 15.7. The largest absolute Gasteiger partial charge is 0.341 e. The van der Waals surface area contributed by atoms with Gasteiger partial charge in [0.25, 0.3) is 0 Å². The third-order valence-corrected chi connectivity index (χ3v) is 7.35. The van der Waals surface area contributed by atoms with Gasteiger partial charge in [-0.15, -0.1) is 0 Å². The Balaban J connectivity index is 1.32. The summed E-state index contributed by atoms with van der Waals surface area (Å²) in [6, 6.07) is 13.6. The molecule has 1 aliphatic heterocycles. The molecule has 7 nitrogen and oxygen atoms in total. The van der Waals surface area contributed by atoms with Crippen LogP contribution in [0.15, 0.2) is 57.9 Å². The molecule has 10 heteroatoms. The molecular weight excluding hydrogens is 450 g/mol. The lowest BCUT2D eigenvalue weighted by Crippen LogP contribution is -2.46.